The first-order valence-corrected chi connectivity index (χ1v) is 9.21. The molecule has 0 saturated heterocycles. The summed E-state index contributed by atoms with van der Waals surface area (Å²) < 4.78 is 42.5. The van der Waals surface area contributed by atoms with Crippen molar-refractivity contribution in [3.05, 3.63) is 55.9 Å². The van der Waals surface area contributed by atoms with Crippen molar-refractivity contribution in [1.29, 1.82) is 0 Å². The molecular formula is C17H13ClF3IN2O3. The third-order valence-electron chi connectivity index (χ3n) is 4.05. The van der Waals surface area contributed by atoms with Crippen LogP contribution in [-0.2, 0) is 4.84 Å². The number of halogens is 5. The Morgan fingerprint density at radius 3 is 2.56 bits per heavy atom. The van der Waals surface area contributed by atoms with Gasteiger partial charge in [-0.1, -0.05) is 11.6 Å². The molecule has 3 rings (SSSR count). The number of hydroxylamine groups is 1. The second-order valence-electron chi connectivity index (χ2n) is 6.03. The summed E-state index contributed by atoms with van der Waals surface area (Å²) in [5.41, 5.74) is 0.249. The van der Waals surface area contributed by atoms with Crippen LogP contribution in [0.1, 0.15) is 23.2 Å². The van der Waals surface area contributed by atoms with Crippen LogP contribution in [0, 0.1) is 21.0 Å². The molecule has 1 fully saturated rings. The summed E-state index contributed by atoms with van der Waals surface area (Å²) in [6.07, 6.45) is 1.05. The molecule has 10 heteroatoms. The van der Waals surface area contributed by atoms with Crippen LogP contribution in [0.2, 0.25) is 5.02 Å². The largest absolute Gasteiger partial charge is 0.393 e. The van der Waals surface area contributed by atoms with Gasteiger partial charge in [0.1, 0.15) is 5.60 Å². The van der Waals surface area contributed by atoms with Gasteiger partial charge in [0.2, 0.25) is 0 Å². The Morgan fingerprint density at radius 1 is 1.26 bits per heavy atom. The lowest BCUT2D eigenvalue weighted by atomic mass is 10.1. The zero-order chi connectivity index (χ0) is 19.8. The number of benzene rings is 2. The van der Waals surface area contributed by atoms with E-state index >= 15 is 0 Å². The number of hydrogen-bond acceptors (Lipinski definition) is 4. The molecule has 0 spiro atoms. The number of anilines is 2. The number of amides is 1. The molecule has 1 saturated carbocycles. The molecule has 0 aliphatic heterocycles. The molecule has 0 unspecified atom stereocenters. The lowest BCUT2D eigenvalue weighted by Crippen LogP contribution is -2.33. The maximum absolute atomic E-state index is 14.3. The molecule has 2 aromatic carbocycles. The molecule has 5 nitrogen and oxygen atoms in total. The van der Waals surface area contributed by atoms with Gasteiger partial charge in [0.05, 0.1) is 28.6 Å². The number of carbonyl (C=O) groups excluding carboxylic acids is 1. The van der Waals surface area contributed by atoms with Gasteiger partial charge in [-0.2, -0.15) is 0 Å². The van der Waals surface area contributed by atoms with E-state index in [9.17, 15) is 23.1 Å². The molecule has 3 N–H and O–H groups in total. The number of nitrogens with one attached hydrogen (secondary N) is 2. The highest BCUT2D eigenvalue weighted by molar-refractivity contribution is 14.1. The molecule has 0 atom stereocenters. The van der Waals surface area contributed by atoms with Gasteiger partial charge in [-0.3, -0.25) is 9.63 Å². The Kier molecular flexibility index (Phi) is 5.84. The highest BCUT2D eigenvalue weighted by Gasteiger charge is 2.45. The highest BCUT2D eigenvalue weighted by Crippen LogP contribution is 2.38. The van der Waals surface area contributed by atoms with Crippen LogP contribution < -0.4 is 10.8 Å². The Bertz CT molecular complexity index is 909. The molecule has 27 heavy (non-hydrogen) atoms. The summed E-state index contributed by atoms with van der Waals surface area (Å²) in [5.74, 6) is -5.83. The second kappa shape index (κ2) is 7.82. The Labute approximate surface area is 170 Å². The van der Waals surface area contributed by atoms with Crippen LogP contribution in [0.5, 0.6) is 0 Å². The van der Waals surface area contributed by atoms with Crippen molar-refractivity contribution in [2.45, 2.75) is 18.4 Å². The summed E-state index contributed by atoms with van der Waals surface area (Å²) >= 11 is 8.09. The molecule has 2 aromatic rings. The third-order valence-corrected chi connectivity index (χ3v) is 5.04. The fraction of sp³-hybridized carbons (Fsp3) is 0.235. The van der Waals surface area contributed by atoms with Gasteiger partial charge < -0.3 is 10.4 Å². The highest BCUT2D eigenvalue weighted by atomic mass is 127. The van der Waals surface area contributed by atoms with E-state index in [0.717, 1.165) is 3.57 Å². The summed E-state index contributed by atoms with van der Waals surface area (Å²) in [7, 11) is 0. The smallest absolute Gasteiger partial charge is 0.277 e. The molecular weight excluding hydrogens is 500 g/mol. The first-order chi connectivity index (χ1) is 12.8. The van der Waals surface area contributed by atoms with E-state index in [-0.39, 0.29) is 17.3 Å². The van der Waals surface area contributed by atoms with Gasteiger partial charge in [-0.05, 0) is 59.7 Å². The molecule has 1 aliphatic rings. The minimum absolute atomic E-state index is 0.200. The Balaban J connectivity index is 1.93. The van der Waals surface area contributed by atoms with Crippen molar-refractivity contribution in [2.75, 3.05) is 11.9 Å². The number of carbonyl (C=O) groups is 1. The van der Waals surface area contributed by atoms with E-state index in [1.165, 1.54) is 6.07 Å². The summed E-state index contributed by atoms with van der Waals surface area (Å²) in [6, 6.07) is 5.29. The second-order valence-corrected chi connectivity index (χ2v) is 7.69. The number of hydrogen-bond donors (Lipinski definition) is 3. The van der Waals surface area contributed by atoms with Crippen molar-refractivity contribution in [3.63, 3.8) is 0 Å². The number of rotatable bonds is 6. The van der Waals surface area contributed by atoms with Crippen LogP contribution in [-0.4, -0.2) is 23.2 Å². The lowest BCUT2D eigenvalue weighted by molar-refractivity contribution is -0.0566. The number of aliphatic hydroxyl groups is 1. The van der Waals surface area contributed by atoms with Crippen LogP contribution >= 0.6 is 34.2 Å². The minimum atomic E-state index is -1.73. The molecule has 0 bridgehead atoms. The minimum Gasteiger partial charge on any atom is -0.393 e. The van der Waals surface area contributed by atoms with Gasteiger partial charge in [-0.15, -0.1) is 0 Å². The maximum Gasteiger partial charge on any atom is 0.277 e. The average molecular weight is 513 g/mol. The predicted octanol–water partition coefficient (Wildman–Crippen LogP) is 4.29. The Morgan fingerprint density at radius 2 is 1.96 bits per heavy atom. The number of aliphatic hydroxyl groups excluding tert-OH is 1. The van der Waals surface area contributed by atoms with Crippen molar-refractivity contribution in [3.8, 4) is 0 Å². The van der Waals surface area contributed by atoms with Gasteiger partial charge in [0.25, 0.3) is 5.91 Å². The van der Waals surface area contributed by atoms with Gasteiger partial charge in [0.15, 0.2) is 17.5 Å². The van der Waals surface area contributed by atoms with Gasteiger partial charge in [0, 0.05) is 3.57 Å². The van der Waals surface area contributed by atoms with E-state index in [2.05, 4.69) is 5.32 Å². The predicted molar refractivity (Wildman–Crippen MR) is 101 cm³/mol. The monoisotopic (exact) mass is 512 g/mol. The normalized spacial score (nSPS) is 14.7. The van der Waals surface area contributed by atoms with Crippen molar-refractivity contribution < 1.29 is 27.9 Å². The zero-order valence-electron chi connectivity index (χ0n) is 13.6. The van der Waals surface area contributed by atoms with Crippen LogP contribution in [0.25, 0.3) is 0 Å². The van der Waals surface area contributed by atoms with Crippen LogP contribution in [0.4, 0.5) is 24.5 Å². The standard InChI is InChI=1S/C17H13ClF3IN2O3/c18-10-5-8(22)1-2-12(10)23-15-9(6-11(19)13(20)14(15)21)16(26)24-27-17(7-25)3-4-17/h1-2,5-6,23,25H,3-4,7H2,(H,24,26). The fourth-order valence-electron chi connectivity index (χ4n) is 2.26. The van der Waals surface area contributed by atoms with Crippen LogP contribution in [0.15, 0.2) is 24.3 Å². The van der Waals surface area contributed by atoms with E-state index in [0.29, 0.717) is 18.9 Å². The zero-order valence-corrected chi connectivity index (χ0v) is 16.5. The molecule has 144 valence electrons. The van der Waals surface area contributed by atoms with Crippen LogP contribution in [0.3, 0.4) is 0 Å². The van der Waals surface area contributed by atoms with E-state index in [1.807, 2.05) is 28.1 Å². The molecule has 1 aliphatic carbocycles. The lowest BCUT2D eigenvalue weighted by Gasteiger charge is -2.17. The van der Waals surface area contributed by atoms with E-state index < -0.39 is 40.2 Å². The first kappa shape index (κ1) is 20.2. The van der Waals surface area contributed by atoms with Crippen molar-refractivity contribution in [1.82, 2.24) is 5.48 Å². The SMILES string of the molecule is O=C(NOC1(CO)CC1)c1cc(F)c(F)c(F)c1Nc1ccc(I)cc1Cl. The summed E-state index contributed by atoms with van der Waals surface area (Å²) in [4.78, 5) is 17.5. The Hall–Kier alpha value is -1.56. The topological polar surface area (TPSA) is 70.6 Å². The fourth-order valence-corrected chi connectivity index (χ4v) is 3.17. The van der Waals surface area contributed by atoms with E-state index in [1.54, 1.807) is 12.1 Å². The summed E-state index contributed by atoms with van der Waals surface area (Å²) in [5, 5.41) is 11.9. The average Bonchev–Trinajstić information content (AvgIpc) is 3.42. The molecule has 0 heterocycles. The third kappa shape index (κ3) is 4.31. The van der Waals surface area contributed by atoms with Crippen molar-refractivity contribution in [2.24, 2.45) is 0 Å². The maximum atomic E-state index is 14.3. The molecule has 0 radical (unpaired) electrons. The molecule has 1 amide bonds. The summed E-state index contributed by atoms with van der Waals surface area (Å²) in [6.45, 7) is -0.317. The molecule has 0 aromatic heterocycles. The van der Waals surface area contributed by atoms with Crippen molar-refractivity contribution >= 4 is 51.5 Å². The quantitative estimate of drug-likeness (QED) is 0.307. The van der Waals surface area contributed by atoms with Gasteiger partial charge >= 0.3 is 0 Å². The first-order valence-electron chi connectivity index (χ1n) is 7.75. The van der Waals surface area contributed by atoms with E-state index in [4.69, 9.17) is 16.4 Å². The van der Waals surface area contributed by atoms with Gasteiger partial charge in [-0.25, -0.2) is 18.7 Å².